The molecule has 0 radical (unpaired) electrons. The standard InChI is InChI=1S/C28H29N7OS.C2HF3O2/c1-17-23(16-29-35-17)19-7-12-24-25(14-19)37-28(32-24)34-26-15-21(13-18-5-3-2-4-6-18)31-27(33-26)30-20-8-10-22(36)11-9-20;3-2(4,5)1(6)7/h2-7,12,14-16,20,22,36H,8-11,13H2,1H3,(H,29,35)(H2,30,31,32,33,34);(H,6,7). The minimum Gasteiger partial charge on any atom is -0.475 e. The van der Waals surface area contributed by atoms with E-state index in [1.807, 2.05) is 43.5 Å². The number of hydrogen-bond donors (Lipinski definition) is 5. The average molecular weight is 626 g/mol. The van der Waals surface area contributed by atoms with E-state index in [-0.39, 0.29) is 12.1 Å². The summed E-state index contributed by atoms with van der Waals surface area (Å²) in [6.07, 6.45) is 0.713. The average Bonchev–Trinajstić information content (AvgIpc) is 3.59. The van der Waals surface area contributed by atoms with Gasteiger partial charge >= 0.3 is 12.1 Å². The summed E-state index contributed by atoms with van der Waals surface area (Å²) < 4.78 is 32.8. The zero-order chi connectivity index (χ0) is 31.3. The Labute approximate surface area is 254 Å². The Hall–Kier alpha value is -4.56. The summed E-state index contributed by atoms with van der Waals surface area (Å²) in [5.74, 6) is -1.44. The molecule has 10 nitrogen and oxygen atoms in total. The molecule has 0 aliphatic heterocycles. The zero-order valence-corrected chi connectivity index (χ0v) is 24.4. The summed E-state index contributed by atoms with van der Waals surface area (Å²) in [5, 5.41) is 31.9. The highest BCUT2D eigenvalue weighted by atomic mass is 32.1. The largest absolute Gasteiger partial charge is 0.490 e. The summed E-state index contributed by atoms with van der Waals surface area (Å²) in [5.41, 5.74) is 6.32. The lowest BCUT2D eigenvalue weighted by atomic mass is 9.93. The molecule has 0 amide bonds. The maximum atomic E-state index is 10.6. The van der Waals surface area contributed by atoms with E-state index >= 15 is 0 Å². The van der Waals surface area contributed by atoms with E-state index < -0.39 is 12.1 Å². The van der Waals surface area contributed by atoms with Gasteiger partial charge in [-0.2, -0.15) is 23.3 Å². The van der Waals surface area contributed by atoms with Crippen molar-refractivity contribution in [3.05, 3.63) is 77.7 Å². The number of nitrogens with one attached hydrogen (secondary N) is 3. The molecule has 1 aliphatic carbocycles. The predicted octanol–water partition coefficient (Wildman–Crippen LogP) is 6.47. The number of fused-ring (bicyclic) bond motifs is 1. The summed E-state index contributed by atoms with van der Waals surface area (Å²) in [7, 11) is 0. The fraction of sp³-hybridized carbons (Fsp3) is 0.300. The fourth-order valence-corrected chi connectivity index (χ4v) is 5.73. The third-order valence-electron chi connectivity index (χ3n) is 7.04. The minimum absolute atomic E-state index is 0.197. The molecular formula is C30H30F3N7O3S. The Morgan fingerprint density at radius 1 is 1.05 bits per heavy atom. The van der Waals surface area contributed by atoms with Crippen LogP contribution in [0.15, 0.2) is 60.8 Å². The Kier molecular flexibility index (Phi) is 9.40. The number of aromatic amines is 1. The third-order valence-corrected chi connectivity index (χ3v) is 7.98. The van der Waals surface area contributed by atoms with Crippen LogP contribution in [0.4, 0.5) is 30.1 Å². The van der Waals surface area contributed by atoms with Crippen molar-refractivity contribution in [2.24, 2.45) is 0 Å². The van der Waals surface area contributed by atoms with Gasteiger partial charge in [-0.1, -0.05) is 47.7 Å². The Bertz CT molecular complexity index is 1720. The lowest BCUT2D eigenvalue weighted by Gasteiger charge is -2.26. The van der Waals surface area contributed by atoms with E-state index in [0.29, 0.717) is 18.2 Å². The molecule has 0 bridgehead atoms. The van der Waals surface area contributed by atoms with Crippen LogP contribution in [0.3, 0.4) is 0 Å². The van der Waals surface area contributed by atoms with Gasteiger partial charge in [-0.15, -0.1) is 0 Å². The Morgan fingerprint density at radius 2 is 1.77 bits per heavy atom. The number of H-pyrrole nitrogens is 1. The minimum atomic E-state index is -5.08. The first kappa shape index (κ1) is 30.9. The van der Waals surface area contributed by atoms with Crippen molar-refractivity contribution in [2.75, 3.05) is 10.6 Å². The maximum absolute atomic E-state index is 10.6. The molecule has 1 fully saturated rings. The molecule has 2 aromatic carbocycles. The van der Waals surface area contributed by atoms with Gasteiger partial charge in [0.25, 0.3) is 0 Å². The topological polar surface area (TPSA) is 149 Å². The molecule has 0 saturated heterocycles. The van der Waals surface area contributed by atoms with E-state index in [9.17, 15) is 18.3 Å². The smallest absolute Gasteiger partial charge is 0.475 e. The normalized spacial score (nSPS) is 16.7. The number of halogens is 3. The van der Waals surface area contributed by atoms with Gasteiger partial charge in [-0.25, -0.2) is 14.8 Å². The second kappa shape index (κ2) is 13.4. The van der Waals surface area contributed by atoms with E-state index in [2.05, 4.69) is 45.1 Å². The monoisotopic (exact) mass is 625 g/mol. The van der Waals surface area contributed by atoms with Crippen molar-refractivity contribution >= 4 is 44.4 Å². The molecule has 1 saturated carbocycles. The number of aryl methyl sites for hydroxylation is 1. The molecule has 3 aromatic heterocycles. The summed E-state index contributed by atoms with van der Waals surface area (Å²) in [6.45, 7) is 2.02. The molecule has 230 valence electrons. The van der Waals surface area contributed by atoms with E-state index in [4.69, 9.17) is 24.9 Å². The van der Waals surface area contributed by atoms with Crippen molar-refractivity contribution in [2.45, 2.75) is 57.3 Å². The number of rotatable bonds is 7. The van der Waals surface area contributed by atoms with Gasteiger partial charge < -0.3 is 20.8 Å². The molecule has 5 N–H and O–H groups in total. The van der Waals surface area contributed by atoms with Gasteiger partial charge in [0, 0.05) is 29.8 Å². The molecule has 0 spiro atoms. The summed E-state index contributed by atoms with van der Waals surface area (Å²) in [6, 6.07) is 18.9. The second-order valence-electron chi connectivity index (χ2n) is 10.4. The molecule has 3 heterocycles. The first-order valence-electron chi connectivity index (χ1n) is 13.9. The number of carbonyl (C=O) groups is 1. The number of thiazole rings is 1. The lowest BCUT2D eigenvalue weighted by Crippen LogP contribution is -2.29. The number of aliphatic hydroxyl groups is 1. The number of carboxylic acid groups (broad SMARTS) is 1. The number of carboxylic acids is 1. The Morgan fingerprint density at radius 3 is 2.43 bits per heavy atom. The Balaban J connectivity index is 0.000000493. The predicted molar refractivity (Wildman–Crippen MR) is 162 cm³/mol. The van der Waals surface area contributed by atoms with Crippen molar-refractivity contribution in [1.82, 2.24) is 25.1 Å². The highest BCUT2D eigenvalue weighted by Crippen LogP contribution is 2.33. The number of aromatic nitrogens is 5. The van der Waals surface area contributed by atoms with Crippen molar-refractivity contribution in [3.63, 3.8) is 0 Å². The van der Waals surface area contributed by atoms with Gasteiger partial charge in [0.1, 0.15) is 5.82 Å². The molecule has 1 aliphatic rings. The van der Waals surface area contributed by atoms with Crippen LogP contribution in [-0.2, 0) is 11.2 Å². The first-order chi connectivity index (χ1) is 21.0. The molecule has 0 atom stereocenters. The number of hydrogen-bond acceptors (Lipinski definition) is 9. The SMILES string of the molecule is Cc1[nH]ncc1-c1ccc2nc(Nc3cc(Cc4ccccc4)nc(NC4CCC(O)CC4)n3)sc2c1.O=C(O)C(F)(F)F. The highest BCUT2D eigenvalue weighted by molar-refractivity contribution is 7.22. The number of aliphatic carboxylic acids is 1. The number of alkyl halides is 3. The van der Waals surface area contributed by atoms with Crippen molar-refractivity contribution in [3.8, 4) is 11.1 Å². The van der Waals surface area contributed by atoms with E-state index in [1.165, 1.54) is 5.56 Å². The second-order valence-corrected chi connectivity index (χ2v) is 11.4. The van der Waals surface area contributed by atoms with Crippen LogP contribution in [0.25, 0.3) is 21.3 Å². The van der Waals surface area contributed by atoms with Crippen molar-refractivity contribution < 1.29 is 28.2 Å². The lowest BCUT2D eigenvalue weighted by molar-refractivity contribution is -0.192. The molecule has 44 heavy (non-hydrogen) atoms. The first-order valence-corrected chi connectivity index (χ1v) is 14.7. The third kappa shape index (κ3) is 8.08. The summed E-state index contributed by atoms with van der Waals surface area (Å²) >= 11 is 1.60. The van der Waals surface area contributed by atoms with Crippen LogP contribution in [0.5, 0.6) is 0 Å². The van der Waals surface area contributed by atoms with Crippen LogP contribution in [-0.4, -0.2) is 59.7 Å². The molecule has 0 unspecified atom stereocenters. The number of anilines is 3. The van der Waals surface area contributed by atoms with E-state index in [0.717, 1.165) is 63.5 Å². The number of nitrogens with zero attached hydrogens (tertiary/aromatic N) is 4. The van der Waals surface area contributed by atoms with Crippen molar-refractivity contribution in [1.29, 1.82) is 0 Å². The molecule has 5 aromatic rings. The molecular weight excluding hydrogens is 595 g/mol. The molecule has 6 rings (SSSR count). The van der Waals surface area contributed by atoms with Crippen LogP contribution in [0.2, 0.25) is 0 Å². The van der Waals surface area contributed by atoms with Gasteiger partial charge in [-0.05, 0) is 55.9 Å². The van der Waals surface area contributed by atoms with E-state index in [1.54, 1.807) is 11.3 Å². The van der Waals surface area contributed by atoms with Gasteiger partial charge in [0.05, 0.1) is 28.2 Å². The van der Waals surface area contributed by atoms with Crippen LogP contribution in [0.1, 0.15) is 42.6 Å². The van der Waals surface area contributed by atoms with Gasteiger partial charge in [0.15, 0.2) is 5.13 Å². The molecule has 14 heteroatoms. The quantitative estimate of drug-likeness (QED) is 0.137. The number of aliphatic hydroxyl groups excluding tert-OH is 1. The number of benzene rings is 2. The zero-order valence-electron chi connectivity index (χ0n) is 23.6. The fourth-order valence-electron chi connectivity index (χ4n) is 4.82. The van der Waals surface area contributed by atoms with Gasteiger partial charge in [-0.3, -0.25) is 5.10 Å². The summed E-state index contributed by atoms with van der Waals surface area (Å²) in [4.78, 5) is 23.3. The highest BCUT2D eigenvalue weighted by Gasteiger charge is 2.38. The van der Waals surface area contributed by atoms with Crippen LogP contribution in [0, 0.1) is 6.92 Å². The van der Waals surface area contributed by atoms with Crippen LogP contribution >= 0.6 is 11.3 Å². The van der Waals surface area contributed by atoms with Crippen LogP contribution < -0.4 is 10.6 Å². The maximum Gasteiger partial charge on any atom is 0.490 e. The van der Waals surface area contributed by atoms with Gasteiger partial charge in [0.2, 0.25) is 5.95 Å².